The van der Waals surface area contributed by atoms with Crippen LogP contribution in [0, 0.1) is 0 Å². The fourth-order valence-electron chi connectivity index (χ4n) is 4.79. The van der Waals surface area contributed by atoms with E-state index in [1.54, 1.807) is 18.2 Å². The number of benzene rings is 1. The average molecular weight is 579 g/mol. The SMILES string of the molecule is COc1cccc(Cl)c1CC(=O)NC(CCN(CCCCc1ccc2c(n1)NCCC2)CC(CF)OC)C(=O)O. The molecule has 0 spiro atoms. The van der Waals surface area contributed by atoms with E-state index >= 15 is 0 Å². The molecule has 2 heterocycles. The first kappa shape index (κ1) is 31.6. The first-order valence-corrected chi connectivity index (χ1v) is 14.1. The Balaban J connectivity index is 1.54. The summed E-state index contributed by atoms with van der Waals surface area (Å²) in [4.78, 5) is 31.4. The van der Waals surface area contributed by atoms with Gasteiger partial charge in [0.15, 0.2) is 0 Å². The van der Waals surface area contributed by atoms with Crippen molar-refractivity contribution < 1.29 is 28.6 Å². The van der Waals surface area contributed by atoms with Crippen LogP contribution >= 0.6 is 11.6 Å². The fourth-order valence-corrected chi connectivity index (χ4v) is 5.03. The Bertz CT molecular complexity index is 1120. The highest BCUT2D eigenvalue weighted by Crippen LogP contribution is 2.26. The molecule has 0 bridgehead atoms. The lowest BCUT2D eigenvalue weighted by atomic mass is 10.1. The maximum atomic E-state index is 13.4. The molecule has 0 aliphatic carbocycles. The summed E-state index contributed by atoms with van der Waals surface area (Å²) in [5.74, 6) is -0.179. The number of nitrogens with one attached hydrogen (secondary N) is 2. The van der Waals surface area contributed by atoms with Gasteiger partial charge in [0.1, 0.15) is 24.3 Å². The average Bonchev–Trinajstić information content (AvgIpc) is 2.96. The second-order valence-electron chi connectivity index (χ2n) is 9.95. The van der Waals surface area contributed by atoms with E-state index in [1.165, 1.54) is 19.8 Å². The highest BCUT2D eigenvalue weighted by atomic mass is 35.5. The summed E-state index contributed by atoms with van der Waals surface area (Å²) in [6, 6.07) is 8.16. The number of ether oxygens (including phenoxy) is 2. The number of aryl methyl sites for hydroxylation is 2. The van der Waals surface area contributed by atoms with Gasteiger partial charge in [0, 0.05) is 43.0 Å². The highest BCUT2D eigenvalue weighted by molar-refractivity contribution is 6.31. The van der Waals surface area contributed by atoms with E-state index in [-0.39, 0.29) is 12.8 Å². The van der Waals surface area contributed by atoms with E-state index < -0.39 is 30.7 Å². The number of carbonyl (C=O) groups is 2. The van der Waals surface area contributed by atoms with Crippen LogP contribution in [0.4, 0.5) is 10.2 Å². The predicted octanol–water partition coefficient (Wildman–Crippen LogP) is 3.91. The van der Waals surface area contributed by atoms with Crippen LogP contribution in [0.2, 0.25) is 5.02 Å². The zero-order valence-corrected chi connectivity index (χ0v) is 24.0. The van der Waals surface area contributed by atoms with Gasteiger partial charge in [0.05, 0.1) is 19.6 Å². The lowest BCUT2D eigenvalue weighted by Gasteiger charge is -2.27. The minimum absolute atomic E-state index is 0.115. The molecule has 1 aliphatic heterocycles. The number of carbonyl (C=O) groups excluding carboxylic acids is 1. The van der Waals surface area contributed by atoms with Gasteiger partial charge < -0.3 is 30.1 Å². The van der Waals surface area contributed by atoms with Gasteiger partial charge in [0.2, 0.25) is 5.91 Å². The van der Waals surface area contributed by atoms with Crippen LogP contribution in [-0.2, 0) is 33.6 Å². The summed E-state index contributed by atoms with van der Waals surface area (Å²) in [5.41, 5.74) is 2.77. The van der Waals surface area contributed by atoms with Crippen LogP contribution in [0.5, 0.6) is 5.75 Å². The molecule has 11 heteroatoms. The van der Waals surface area contributed by atoms with E-state index in [0.29, 0.717) is 36.0 Å². The standard InChI is InChI=1S/C29H40ClFN4O5/c1-39-22(18-31)19-35(15-4-3-8-21-12-11-20-7-6-14-32-28(20)33-21)16-13-25(29(37)38)34-27(36)17-23-24(30)9-5-10-26(23)40-2/h5,9-12,22,25H,3-4,6-8,13-19H2,1-2H3,(H,32,33)(H,34,36)(H,37,38). The van der Waals surface area contributed by atoms with Gasteiger partial charge in [-0.2, -0.15) is 0 Å². The van der Waals surface area contributed by atoms with Gasteiger partial charge in [-0.15, -0.1) is 0 Å². The third kappa shape index (κ3) is 9.60. The van der Waals surface area contributed by atoms with Crippen LogP contribution in [0.15, 0.2) is 30.3 Å². The molecule has 220 valence electrons. The number of alkyl halides is 1. The van der Waals surface area contributed by atoms with Crippen molar-refractivity contribution >= 4 is 29.3 Å². The quantitative estimate of drug-likeness (QED) is 0.242. The zero-order chi connectivity index (χ0) is 28.9. The number of aromatic nitrogens is 1. The van der Waals surface area contributed by atoms with Crippen LogP contribution in [-0.4, -0.2) is 86.1 Å². The minimum Gasteiger partial charge on any atom is -0.496 e. The Morgan fingerprint density at radius 3 is 2.77 bits per heavy atom. The summed E-state index contributed by atoms with van der Waals surface area (Å²) in [5, 5.41) is 16.1. The molecule has 1 aromatic heterocycles. The molecule has 0 saturated heterocycles. The number of nitrogens with zero attached hydrogens (tertiary/aromatic N) is 2. The molecular weight excluding hydrogens is 539 g/mol. The van der Waals surface area contributed by atoms with E-state index in [1.807, 2.05) is 4.90 Å². The number of methoxy groups -OCH3 is 2. The molecule has 1 aliphatic rings. The predicted molar refractivity (Wildman–Crippen MR) is 153 cm³/mol. The number of pyridine rings is 1. The summed E-state index contributed by atoms with van der Waals surface area (Å²) in [6.45, 7) is 1.62. The van der Waals surface area contributed by atoms with Crippen molar-refractivity contribution in [3.63, 3.8) is 0 Å². The fraction of sp³-hybridized carbons (Fsp3) is 0.552. The molecule has 2 atom stereocenters. The number of unbranched alkanes of at least 4 members (excludes halogenated alkanes) is 1. The summed E-state index contributed by atoms with van der Waals surface area (Å²) in [7, 11) is 2.94. The van der Waals surface area contributed by atoms with E-state index in [4.69, 9.17) is 26.1 Å². The van der Waals surface area contributed by atoms with Crippen molar-refractivity contribution in [2.75, 3.05) is 52.4 Å². The van der Waals surface area contributed by atoms with Crippen LogP contribution in [0.1, 0.15) is 42.5 Å². The Kier molecular flexibility index (Phi) is 12.9. The van der Waals surface area contributed by atoms with E-state index in [0.717, 1.165) is 50.2 Å². The molecule has 9 nitrogen and oxygen atoms in total. The zero-order valence-electron chi connectivity index (χ0n) is 23.3. The smallest absolute Gasteiger partial charge is 0.326 e. The van der Waals surface area contributed by atoms with Gasteiger partial charge in [0.25, 0.3) is 0 Å². The first-order valence-electron chi connectivity index (χ1n) is 13.7. The summed E-state index contributed by atoms with van der Waals surface area (Å²) in [6.07, 6.45) is 4.12. The van der Waals surface area contributed by atoms with E-state index in [2.05, 4.69) is 22.8 Å². The van der Waals surface area contributed by atoms with Crippen LogP contribution in [0.25, 0.3) is 0 Å². The number of hydrogen-bond acceptors (Lipinski definition) is 7. The number of halogens is 2. The van der Waals surface area contributed by atoms with Gasteiger partial charge in [-0.1, -0.05) is 23.7 Å². The number of carboxylic acids is 1. The molecule has 0 fully saturated rings. The molecule has 3 N–H and O–H groups in total. The van der Waals surface area contributed by atoms with Crippen molar-refractivity contribution in [1.29, 1.82) is 0 Å². The third-order valence-electron chi connectivity index (χ3n) is 7.08. The number of carboxylic acid groups (broad SMARTS) is 1. The van der Waals surface area contributed by atoms with E-state index in [9.17, 15) is 19.1 Å². The van der Waals surface area contributed by atoms with Gasteiger partial charge in [-0.25, -0.2) is 14.2 Å². The number of amides is 1. The topological polar surface area (TPSA) is 113 Å². The molecule has 40 heavy (non-hydrogen) atoms. The first-order chi connectivity index (χ1) is 19.3. The van der Waals surface area contributed by atoms with Crippen molar-refractivity contribution in [3.05, 3.63) is 52.2 Å². The van der Waals surface area contributed by atoms with Crippen molar-refractivity contribution in [3.8, 4) is 5.75 Å². The number of rotatable bonds is 17. The monoisotopic (exact) mass is 578 g/mol. The maximum absolute atomic E-state index is 13.4. The van der Waals surface area contributed by atoms with Crippen molar-refractivity contribution in [2.45, 2.75) is 57.1 Å². The molecule has 1 amide bonds. The third-order valence-corrected chi connectivity index (χ3v) is 7.43. The number of anilines is 1. The summed E-state index contributed by atoms with van der Waals surface area (Å²) >= 11 is 6.23. The van der Waals surface area contributed by atoms with Crippen molar-refractivity contribution in [1.82, 2.24) is 15.2 Å². The second kappa shape index (κ2) is 16.3. The lowest BCUT2D eigenvalue weighted by molar-refractivity contribution is -0.142. The van der Waals surface area contributed by atoms with Gasteiger partial charge in [-0.05, 0) is 68.8 Å². The van der Waals surface area contributed by atoms with Crippen LogP contribution in [0.3, 0.4) is 0 Å². The largest absolute Gasteiger partial charge is 0.496 e. The number of aliphatic carboxylic acids is 1. The number of fused-ring (bicyclic) bond motifs is 1. The highest BCUT2D eigenvalue weighted by Gasteiger charge is 2.23. The Morgan fingerprint density at radius 1 is 1.23 bits per heavy atom. The number of hydrogen-bond donors (Lipinski definition) is 3. The maximum Gasteiger partial charge on any atom is 0.326 e. The lowest BCUT2D eigenvalue weighted by Crippen LogP contribution is -2.45. The molecule has 2 aromatic rings. The molecule has 0 saturated carbocycles. The molecule has 3 rings (SSSR count). The Labute approximate surface area is 240 Å². The second-order valence-corrected chi connectivity index (χ2v) is 10.4. The Morgan fingerprint density at radius 2 is 2.05 bits per heavy atom. The molecule has 0 radical (unpaired) electrons. The Hall–Kier alpha value is -2.95. The van der Waals surface area contributed by atoms with Gasteiger partial charge in [-0.3, -0.25) is 4.79 Å². The summed E-state index contributed by atoms with van der Waals surface area (Å²) < 4.78 is 23.9. The molecule has 1 aromatic carbocycles. The normalized spacial score (nSPS) is 14.2. The minimum atomic E-state index is -1.14. The molecule has 2 unspecified atom stereocenters. The van der Waals surface area contributed by atoms with Crippen LogP contribution < -0.4 is 15.4 Å². The van der Waals surface area contributed by atoms with Crippen molar-refractivity contribution in [2.24, 2.45) is 0 Å². The van der Waals surface area contributed by atoms with Gasteiger partial charge >= 0.3 is 5.97 Å². The molecular formula is C29H40ClFN4O5.